The van der Waals surface area contributed by atoms with Gasteiger partial charge in [-0.05, 0) is 26.0 Å². The van der Waals surface area contributed by atoms with Gasteiger partial charge in [-0.3, -0.25) is 4.79 Å². The van der Waals surface area contributed by atoms with E-state index in [0.717, 1.165) is 17.0 Å². The topological polar surface area (TPSA) is 99.4 Å². The summed E-state index contributed by atoms with van der Waals surface area (Å²) >= 11 is 0. The summed E-state index contributed by atoms with van der Waals surface area (Å²) in [5.41, 5.74) is 3.02. The Bertz CT molecular complexity index is 953. The number of hydrogen-bond donors (Lipinski definition) is 1. The van der Waals surface area contributed by atoms with Crippen molar-refractivity contribution >= 4 is 11.6 Å². The second kappa shape index (κ2) is 9.87. The van der Waals surface area contributed by atoms with Crippen LogP contribution in [0.4, 0.5) is 5.69 Å². The van der Waals surface area contributed by atoms with Crippen molar-refractivity contribution < 1.29 is 18.8 Å². The number of ether oxygens (including phenoxy) is 2. The van der Waals surface area contributed by atoms with E-state index in [1.165, 1.54) is 20.3 Å². The minimum absolute atomic E-state index is 0.0819. The van der Waals surface area contributed by atoms with Gasteiger partial charge in [0.25, 0.3) is 5.91 Å². The molecule has 0 unspecified atom stereocenters. The largest absolute Gasteiger partial charge is 0.481 e. The molecule has 0 saturated carbocycles. The molecule has 0 aliphatic carbocycles. The third-order valence-corrected chi connectivity index (χ3v) is 3.98. The number of benzene rings is 1. The van der Waals surface area contributed by atoms with E-state index in [1.807, 2.05) is 44.2 Å². The molecule has 0 aliphatic rings. The van der Waals surface area contributed by atoms with E-state index in [2.05, 4.69) is 41.2 Å². The van der Waals surface area contributed by atoms with E-state index < -0.39 is 0 Å². The molecule has 0 saturated heterocycles. The van der Waals surface area contributed by atoms with Crippen molar-refractivity contribution in [2.45, 2.75) is 40.0 Å². The van der Waals surface area contributed by atoms with E-state index in [4.69, 9.17) is 14.0 Å². The van der Waals surface area contributed by atoms with Gasteiger partial charge in [-0.25, -0.2) is 0 Å². The van der Waals surface area contributed by atoms with E-state index in [-0.39, 0.29) is 28.9 Å². The number of rotatable bonds is 4. The first-order chi connectivity index (χ1) is 14.1. The highest BCUT2D eigenvalue weighted by Gasteiger charge is 2.18. The molecule has 30 heavy (non-hydrogen) atoms. The first kappa shape index (κ1) is 22.9. The zero-order chi connectivity index (χ0) is 22.3. The van der Waals surface area contributed by atoms with E-state index >= 15 is 0 Å². The van der Waals surface area contributed by atoms with Crippen LogP contribution in [0.2, 0.25) is 0 Å². The number of hydrogen-bond acceptors (Lipinski definition) is 7. The maximum absolute atomic E-state index is 12.1. The van der Waals surface area contributed by atoms with Gasteiger partial charge in [0.05, 0.1) is 19.9 Å². The van der Waals surface area contributed by atoms with Crippen LogP contribution in [0.15, 0.2) is 40.9 Å². The second-order valence-corrected chi connectivity index (χ2v) is 7.68. The SMILES string of the molecule is COc1cc(C(=O)Nc2ccc(C)cc2)nc(OC)n1.Cc1cc(C(C)(C)C)on1. The molecule has 0 aliphatic heterocycles. The molecule has 3 aromatic rings. The van der Waals surface area contributed by atoms with Crippen LogP contribution in [0, 0.1) is 13.8 Å². The number of methoxy groups -OCH3 is 2. The average molecular weight is 412 g/mol. The zero-order valence-electron chi connectivity index (χ0n) is 18.4. The molecule has 1 N–H and O–H groups in total. The smallest absolute Gasteiger partial charge is 0.320 e. The quantitative estimate of drug-likeness (QED) is 0.680. The summed E-state index contributed by atoms with van der Waals surface area (Å²) in [6.07, 6.45) is 0. The predicted molar refractivity (Wildman–Crippen MR) is 114 cm³/mol. The van der Waals surface area contributed by atoms with Crippen molar-refractivity contribution in [3.63, 3.8) is 0 Å². The van der Waals surface area contributed by atoms with Crippen molar-refractivity contribution in [3.8, 4) is 11.9 Å². The van der Waals surface area contributed by atoms with Gasteiger partial charge in [-0.2, -0.15) is 9.97 Å². The normalized spacial score (nSPS) is 10.6. The number of nitrogens with one attached hydrogen (secondary N) is 1. The lowest BCUT2D eigenvalue weighted by atomic mass is 9.93. The second-order valence-electron chi connectivity index (χ2n) is 7.68. The Morgan fingerprint density at radius 1 is 1.00 bits per heavy atom. The fraction of sp³-hybridized carbons (Fsp3) is 0.364. The number of carbonyl (C=O) groups excluding carboxylic acids is 1. The number of carbonyl (C=O) groups is 1. The lowest BCUT2D eigenvalue weighted by Crippen LogP contribution is -2.14. The molecule has 2 aromatic heterocycles. The van der Waals surface area contributed by atoms with Crippen molar-refractivity contribution in [1.29, 1.82) is 0 Å². The number of nitrogens with zero attached hydrogens (tertiary/aromatic N) is 3. The summed E-state index contributed by atoms with van der Waals surface area (Å²) < 4.78 is 15.0. The van der Waals surface area contributed by atoms with Crippen molar-refractivity contribution in [2.75, 3.05) is 19.5 Å². The Hall–Kier alpha value is -3.42. The lowest BCUT2D eigenvalue weighted by Gasteiger charge is -2.11. The number of amides is 1. The highest BCUT2D eigenvalue weighted by Crippen LogP contribution is 2.22. The van der Waals surface area contributed by atoms with Gasteiger partial charge in [-0.15, -0.1) is 0 Å². The molecule has 160 valence electrons. The molecule has 0 atom stereocenters. The minimum atomic E-state index is -0.354. The van der Waals surface area contributed by atoms with Gasteiger partial charge in [0.2, 0.25) is 5.88 Å². The van der Waals surface area contributed by atoms with Crippen LogP contribution >= 0.6 is 0 Å². The monoisotopic (exact) mass is 412 g/mol. The molecule has 8 nitrogen and oxygen atoms in total. The highest BCUT2D eigenvalue weighted by molar-refractivity contribution is 6.03. The van der Waals surface area contributed by atoms with Crippen LogP contribution in [-0.2, 0) is 5.41 Å². The molecule has 3 rings (SSSR count). The van der Waals surface area contributed by atoms with Crippen LogP contribution < -0.4 is 14.8 Å². The fourth-order valence-corrected chi connectivity index (χ4v) is 2.27. The van der Waals surface area contributed by atoms with Crippen molar-refractivity contribution in [1.82, 2.24) is 15.1 Å². The van der Waals surface area contributed by atoms with Gasteiger partial charge in [0.1, 0.15) is 11.5 Å². The average Bonchev–Trinajstić information content (AvgIpc) is 3.16. The van der Waals surface area contributed by atoms with E-state index in [1.54, 1.807) is 0 Å². The summed E-state index contributed by atoms with van der Waals surface area (Å²) in [5.74, 6) is 0.865. The Kier molecular flexibility index (Phi) is 7.52. The number of aryl methyl sites for hydroxylation is 2. The molecule has 1 amide bonds. The predicted octanol–water partition coefficient (Wildman–Crippen LogP) is 4.34. The molecular weight excluding hydrogens is 384 g/mol. The third kappa shape index (κ3) is 6.58. The lowest BCUT2D eigenvalue weighted by molar-refractivity contribution is 0.102. The first-order valence-electron chi connectivity index (χ1n) is 9.41. The summed E-state index contributed by atoms with van der Waals surface area (Å²) in [4.78, 5) is 20.0. The zero-order valence-corrected chi connectivity index (χ0v) is 18.4. The molecule has 1 aromatic carbocycles. The van der Waals surface area contributed by atoms with Crippen molar-refractivity contribution in [2.24, 2.45) is 0 Å². The summed E-state index contributed by atoms with van der Waals surface area (Å²) in [7, 11) is 2.89. The highest BCUT2D eigenvalue weighted by atomic mass is 16.5. The summed E-state index contributed by atoms with van der Waals surface area (Å²) in [6, 6.07) is 11.0. The summed E-state index contributed by atoms with van der Waals surface area (Å²) in [5, 5.41) is 6.56. The molecule has 0 spiro atoms. The van der Waals surface area contributed by atoms with Gasteiger partial charge in [-0.1, -0.05) is 43.6 Å². The van der Waals surface area contributed by atoms with E-state index in [0.29, 0.717) is 5.69 Å². The Labute approximate surface area is 176 Å². The molecule has 8 heteroatoms. The van der Waals surface area contributed by atoms with Crippen LogP contribution in [0.1, 0.15) is 48.3 Å². The molecule has 0 fully saturated rings. The van der Waals surface area contributed by atoms with Crippen LogP contribution in [0.3, 0.4) is 0 Å². The van der Waals surface area contributed by atoms with Crippen LogP contribution in [-0.4, -0.2) is 35.3 Å². The first-order valence-corrected chi connectivity index (χ1v) is 9.41. The number of anilines is 1. The number of aromatic nitrogens is 3. The fourth-order valence-electron chi connectivity index (χ4n) is 2.27. The molecule has 2 heterocycles. The van der Waals surface area contributed by atoms with Gasteiger partial charge in [0, 0.05) is 23.2 Å². The maximum atomic E-state index is 12.1. The van der Waals surface area contributed by atoms with Gasteiger partial charge < -0.3 is 19.3 Å². The maximum Gasteiger partial charge on any atom is 0.320 e. The molecule has 0 bridgehead atoms. The van der Waals surface area contributed by atoms with Gasteiger partial charge in [0.15, 0.2) is 0 Å². The minimum Gasteiger partial charge on any atom is -0.481 e. The van der Waals surface area contributed by atoms with Crippen LogP contribution in [0.25, 0.3) is 0 Å². The van der Waals surface area contributed by atoms with Gasteiger partial charge >= 0.3 is 6.01 Å². The Balaban J connectivity index is 0.000000269. The standard InChI is InChI=1S/C14H15N3O3.C8H13NO/c1-9-4-6-10(7-5-9)15-13(18)11-8-12(19-2)17-14(16-11)20-3;1-6-5-7(10-9-6)8(2,3)4/h4-8H,1-3H3,(H,15,18);5H,1-4H3. The Morgan fingerprint density at radius 3 is 2.13 bits per heavy atom. The van der Waals surface area contributed by atoms with E-state index in [9.17, 15) is 4.79 Å². The molecule has 0 radical (unpaired) electrons. The summed E-state index contributed by atoms with van der Waals surface area (Å²) in [6.45, 7) is 10.2. The van der Waals surface area contributed by atoms with Crippen LogP contribution in [0.5, 0.6) is 11.9 Å². The third-order valence-electron chi connectivity index (χ3n) is 3.98. The van der Waals surface area contributed by atoms with Crippen molar-refractivity contribution in [3.05, 3.63) is 59.1 Å². The molecular formula is C22H28N4O4. The Morgan fingerprint density at radius 2 is 1.67 bits per heavy atom.